The van der Waals surface area contributed by atoms with Gasteiger partial charge in [0, 0.05) is 6.04 Å². The molecule has 0 saturated heterocycles. The van der Waals surface area contributed by atoms with Gasteiger partial charge < -0.3 is 4.90 Å². The normalized spacial score (nSPS) is 11.9. The lowest BCUT2D eigenvalue weighted by atomic mass is 10.1. The quantitative estimate of drug-likeness (QED) is 0.899. The first-order chi connectivity index (χ1) is 8.78. The maximum atomic E-state index is 12.6. The third-order valence-electron chi connectivity index (χ3n) is 2.78. The van der Waals surface area contributed by atoms with E-state index in [-0.39, 0.29) is 5.82 Å². The Hall–Kier alpha value is -1.60. The molecular formula is C11H17F3N4O. The van der Waals surface area contributed by atoms with Crippen molar-refractivity contribution in [2.75, 3.05) is 6.54 Å². The fraction of sp³-hybridized carbons (Fsp3) is 0.727. The highest BCUT2D eigenvalue weighted by Crippen LogP contribution is 2.21. The van der Waals surface area contributed by atoms with Crippen LogP contribution in [-0.2, 0) is 0 Å². The Morgan fingerprint density at radius 1 is 1.37 bits per heavy atom. The van der Waals surface area contributed by atoms with E-state index in [1.54, 1.807) is 20.8 Å². The molecule has 1 rings (SSSR count). The highest BCUT2D eigenvalue weighted by atomic mass is 19.4. The Kier molecular flexibility index (Phi) is 4.90. The smallest absolute Gasteiger partial charge is 0.324 e. The number of nitrogens with zero attached hydrogens (tertiary/aromatic N) is 3. The molecule has 0 atom stereocenters. The molecule has 1 aromatic heterocycles. The van der Waals surface area contributed by atoms with E-state index >= 15 is 0 Å². The molecule has 108 valence electrons. The van der Waals surface area contributed by atoms with Gasteiger partial charge in [-0.25, -0.2) is 4.98 Å². The van der Waals surface area contributed by atoms with E-state index < -0.39 is 24.7 Å². The van der Waals surface area contributed by atoms with Crippen molar-refractivity contribution in [3.63, 3.8) is 0 Å². The monoisotopic (exact) mass is 278 g/mol. The molecular weight excluding hydrogens is 261 g/mol. The minimum Gasteiger partial charge on any atom is -0.324 e. The van der Waals surface area contributed by atoms with Gasteiger partial charge in [-0.2, -0.15) is 13.2 Å². The Bertz CT molecular complexity index is 426. The lowest BCUT2D eigenvalue weighted by Crippen LogP contribution is -2.45. The third-order valence-corrected chi connectivity index (χ3v) is 2.78. The average molecular weight is 278 g/mol. The van der Waals surface area contributed by atoms with E-state index in [0.29, 0.717) is 18.7 Å². The second kappa shape index (κ2) is 6.03. The molecule has 1 N–H and O–H groups in total. The predicted molar refractivity (Wildman–Crippen MR) is 62.6 cm³/mol. The molecule has 0 bridgehead atoms. The zero-order valence-electron chi connectivity index (χ0n) is 11.1. The molecule has 1 heterocycles. The van der Waals surface area contributed by atoms with E-state index in [1.165, 1.54) is 0 Å². The number of amides is 1. The molecule has 0 saturated carbocycles. The number of carbonyl (C=O) groups is 1. The lowest BCUT2D eigenvalue weighted by Gasteiger charge is -2.30. The van der Waals surface area contributed by atoms with Crippen LogP contribution in [0.2, 0.25) is 0 Å². The van der Waals surface area contributed by atoms with Crippen molar-refractivity contribution >= 4 is 5.91 Å². The molecule has 0 aromatic carbocycles. The number of aromatic nitrogens is 3. The van der Waals surface area contributed by atoms with Gasteiger partial charge in [-0.15, -0.1) is 5.10 Å². The minimum atomic E-state index is -4.44. The Morgan fingerprint density at radius 3 is 2.32 bits per heavy atom. The van der Waals surface area contributed by atoms with Gasteiger partial charge >= 0.3 is 6.18 Å². The number of aromatic amines is 1. The number of aryl methyl sites for hydroxylation is 1. The summed E-state index contributed by atoms with van der Waals surface area (Å²) >= 11 is 0. The second-order valence-corrected chi connectivity index (χ2v) is 4.26. The number of halogens is 3. The molecule has 0 spiro atoms. The summed E-state index contributed by atoms with van der Waals surface area (Å²) in [6.45, 7) is 3.78. The molecule has 0 aliphatic carbocycles. The van der Waals surface area contributed by atoms with Gasteiger partial charge in [0.05, 0.1) is 0 Å². The third kappa shape index (κ3) is 4.22. The van der Waals surface area contributed by atoms with Crippen LogP contribution in [0.3, 0.4) is 0 Å². The summed E-state index contributed by atoms with van der Waals surface area (Å²) in [4.78, 5) is 16.7. The van der Waals surface area contributed by atoms with Gasteiger partial charge in [-0.1, -0.05) is 13.8 Å². The van der Waals surface area contributed by atoms with Crippen molar-refractivity contribution < 1.29 is 18.0 Å². The minimum absolute atomic E-state index is 0.228. The maximum absolute atomic E-state index is 12.6. The number of hydrogen-bond donors (Lipinski definition) is 1. The summed E-state index contributed by atoms with van der Waals surface area (Å²) in [5.41, 5.74) is 0. The number of hydrogen-bond acceptors (Lipinski definition) is 3. The summed E-state index contributed by atoms with van der Waals surface area (Å²) in [5, 5.41) is 6.08. The fourth-order valence-corrected chi connectivity index (χ4v) is 1.86. The predicted octanol–water partition coefficient (Wildman–Crippen LogP) is 2.31. The van der Waals surface area contributed by atoms with Crippen LogP contribution >= 0.6 is 0 Å². The molecule has 5 nitrogen and oxygen atoms in total. The number of carbonyl (C=O) groups excluding carboxylic acids is 1. The van der Waals surface area contributed by atoms with Crippen molar-refractivity contribution in [1.82, 2.24) is 20.1 Å². The van der Waals surface area contributed by atoms with Gasteiger partial charge in [0.2, 0.25) is 5.82 Å². The first-order valence-corrected chi connectivity index (χ1v) is 6.05. The molecule has 0 unspecified atom stereocenters. The molecule has 0 aliphatic heterocycles. The maximum Gasteiger partial charge on any atom is 0.406 e. The van der Waals surface area contributed by atoms with Crippen molar-refractivity contribution in [3.8, 4) is 0 Å². The average Bonchev–Trinajstić information content (AvgIpc) is 2.73. The number of nitrogens with one attached hydrogen (secondary N) is 1. The van der Waals surface area contributed by atoms with Gasteiger partial charge in [-0.3, -0.25) is 9.89 Å². The molecule has 0 radical (unpaired) electrons. The van der Waals surface area contributed by atoms with Crippen LogP contribution < -0.4 is 0 Å². The fourth-order valence-electron chi connectivity index (χ4n) is 1.86. The lowest BCUT2D eigenvalue weighted by molar-refractivity contribution is -0.145. The molecule has 19 heavy (non-hydrogen) atoms. The zero-order valence-corrected chi connectivity index (χ0v) is 11.1. The standard InChI is InChI=1S/C11H17F3N4O/c1-4-8(5-2)18(6-11(12,13)14)10(19)9-15-7(3)16-17-9/h8H,4-6H2,1-3H3,(H,15,16,17). The van der Waals surface area contributed by atoms with E-state index in [1.807, 2.05) is 0 Å². The molecule has 0 fully saturated rings. The Balaban J connectivity index is 2.98. The van der Waals surface area contributed by atoms with Gasteiger partial charge in [0.15, 0.2) is 0 Å². The summed E-state index contributed by atoms with van der Waals surface area (Å²) in [6.07, 6.45) is -3.55. The van der Waals surface area contributed by atoms with Crippen LogP contribution in [0.4, 0.5) is 13.2 Å². The van der Waals surface area contributed by atoms with Crippen molar-refractivity contribution in [1.29, 1.82) is 0 Å². The topological polar surface area (TPSA) is 61.9 Å². The first-order valence-electron chi connectivity index (χ1n) is 6.05. The number of alkyl halides is 3. The molecule has 8 heteroatoms. The largest absolute Gasteiger partial charge is 0.406 e. The van der Waals surface area contributed by atoms with E-state index in [4.69, 9.17) is 0 Å². The highest BCUT2D eigenvalue weighted by molar-refractivity contribution is 5.90. The van der Waals surface area contributed by atoms with Crippen molar-refractivity contribution in [2.45, 2.75) is 45.8 Å². The van der Waals surface area contributed by atoms with Crippen LogP contribution in [0.1, 0.15) is 43.1 Å². The van der Waals surface area contributed by atoms with Crippen LogP contribution in [0, 0.1) is 6.92 Å². The molecule has 1 aromatic rings. The van der Waals surface area contributed by atoms with Gasteiger partial charge in [0.1, 0.15) is 12.4 Å². The van der Waals surface area contributed by atoms with Crippen LogP contribution in [-0.4, -0.2) is 44.8 Å². The molecule has 0 aliphatic rings. The van der Waals surface area contributed by atoms with Crippen LogP contribution in [0.5, 0.6) is 0 Å². The summed E-state index contributed by atoms with van der Waals surface area (Å²) in [5.74, 6) is -0.635. The summed E-state index contributed by atoms with van der Waals surface area (Å²) < 4.78 is 37.7. The highest BCUT2D eigenvalue weighted by Gasteiger charge is 2.37. The first kappa shape index (κ1) is 15.5. The van der Waals surface area contributed by atoms with Crippen molar-refractivity contribution in [2.24, 2.45) is 0 Å². The van der Waals surface area contributed by atoms with Crippen LogP contribution in [0.25, 0.3) is 0 Å². The SMILES string of the molecule is CCC(CC)N(CC(F)(F)F)C(=O)c1n[nH]c(C)n1. The number of H-pyrrole nitrogens is 1. The van der Waals surface area contributed by atoms with Crippen molar-refractivity contribution in [3.05, 3.63) is 11.6 Å². The van der Waals surface area contributed by atoms with Gasteiger partial charge in [-0.05, 0) is 19.8 Å². The van der Waals surface area contributed by atoms with E-state index in [2.05, 4.69) is 15.2 Å². The Morgan fingerprint density at radius 2 is 1.95 bits per heavy atom. The van der Waals surface area contributed by atoms with Gasteiger partial charge in [0.25, 0.3) is 5.91 Å². The number of rotatable bonds is 5. The van der Waals surface area contributed by atoms with E-state index in [9.17, 15) is 18.0 Å². The molecule has 1 amide bonds. The van der Waals surface area contributed by atoms with Crippen LogP contribution in [0.15, 0.2) is 0 Å². The summed E-state index contributed by atoms with van der Waals surface area (Å²) in [7, 11) is 0. The van der Waals surface area contributed by atoms with E-state index in [0.717, 1.165) is 4.90 Å². The Labute approximate surface area is 109 Å². The summed E-state index contributed by atoms with van der Waals surface area (Å²) in [6, 6.07) is -0.479. The zero-order chi connectivity index (χ0) is 14.6. The second-order valence-electron chi connectivity index (χ2n) is 4.26.